The van der Waals surface area contributed by atoms with E-state index in [0.29, 0.717) is 6.04 Å². The number of para-hydroxylation sites is 1. The van der Waals surface area contributed by atoms with Gasteiger partial charge in [0.25, 0.3) is 0 Å². The van der Waals surface area contributed by atoms with Crippen LogP contribution in [0.25, 0.3) is 0 Å². The highest BCUT2D eigenvalue weighted by Crippen LogP contribution is 2.17. The molecule has 1 aliphatic rings. The molecule has 1 fully saturated rings. The smallest absolute Gasteiger partial charge is 0.116 e. The van der Waals surface area contributed by atoms with Crippen molar-refractivity contribution in [1.82, 2.24) is 10.2 Å². The first-order valence-corrected chi connectivity index (χ1v) is 7.74. The number of anilines is 1. The van der Waals surface area contributed by atoms with Crippen molar-refractivity contribution < 1.29 is 0 Å². The number of hydrogen-bond donors (Lipinski definition) is 1. The van der Waals surface area contributed by atoms with Crippen molar-refractivity contribution in [3.8, 4) is 6.07 Å². The van der Waals surface area contributed by atoms with Gasteiger partial charge < -0.3 is 4.90 Å². The van der Waals surface area contributed by atoms with E-state index in [1.54, 1.807) is 0 Å². The number of nitrogens with one attached hydrogen (secondary N) is 1. The van der Waals surface area contributed by atoms with Gasteiger partial charge in [-0.15, -0.1) is 0 Å². The molecule has 1 saturated heterocycles. The largest absolute Gasteiger partial charge is 0.369 e. The fourth-order valence-corrected chi connectivity index (χ4v) is 3.00. The van der Waals surface area contributed by atoms with Gasteiger partial charge in [-0.25, -0.2) is 0 Å². The molecule has 1 atom stereocenters. The zero-order valence-corrected chi connectivity index (χ0v) is 13.3. The lowest BCUT2D eigenvalue weighted by molar-refractivity contribution is 0.203. The number of nitriles is 1. The number of hydrogen-bond acceptors (Lipinski definition) is 4. The topological polar surface area (TPSA) is 42.3 Å². The second-order valence-electron chi connectivity index (χ2n) is 6.34. The van der Waals surface area contributed by atoms with Crippen LogP contribution in [0.1, 0.15) is 20.8 Å². The SMILES string of the molecule is CC(C)NC(C)(C#N)CN1CCN(c2ccccc2)CC1. The van der Waals surface area contributed by atoms with Crippen molar-refractivity contribution >= 4 is 5.69 Å². The van der Waals surface area contributed by atoms with Crippen molar-refractivity contribution in [1.29, 1.82) is 5.26 Å². The monoisotopic (exact) mass is 286 g/mol. The van der Waals surface area contributed by atoms with Gasteiger partial charge in [-0.1, -0.05) is 18.2 Å². The molecule has 0 radical (unpaired) electrons. The average Bonchev–Trinajstić information content (AvgIpc) is 2.48. The van der Waals surface area contributed by atoms with Crippen LogP contribution < -0.4 is 10.2 Å². The van der Waals surface area contributed by atoms with Crippen molar-refractivity contribution in [3.63, 3.8) is 0 Å². The second kappa shape index (κ2) is 6.93. The van der Waals surface area contributed by atoms with Crippen molar-refractivity contribution in [2.75, 3.05) is 37.6 Å². The van der Waals surface area contributed by atoms with Crippen LogP contribution in [-0.2, 0) is 0 Å². The Bertz CT molecular complexity index is 471. The van der Waals surface area contributed by atoms with Gasteiger partial charge in [0, 0.05) is 44.5 Å². The van der Waals surface area contributed by atoms with Gasteiger partial charge in [0.15, 0.2) is 0 Å². The molecule has 1 heterocycles. The third-order valence-corrected chi connectivity index (χ3v) is 3.89. The molecule has 0 aliphatic carbocycles. The van der Waals surface area contributed by atoms with E-state index in [2.05, 4.69) is 65.4 Å². The summed E-state index contributed by atoms with van der Waals surface area (Å²) < 4.78 is 0. The van der Waals surface area contributed by atoms with Crippen LogP contribution in [0.5, 0.6) is 0 Å². The minimum Gasteiger partial charge on any atom is -0.369 e. The molecule has 0 aromatic heterocycles. The molecule has 0 bridgehead atoms. The number of benzene rings is 1. The maximum Gasteiger partial charge on any atom is 0.116 e. The van der Waals surface area contributed by atoms with Crippen LogP contribution in [0.2, 0.25) is 0 Å². The Kier molecular flexibility index (Phi) is 5.22. The first-order chi connectivity index (χ1) is 10.0. The van der Waals surface area contributed by atoms with Crippen LogP contribution in [0, 0.1) is 11.3 Å². The van der Waals surface area contributed by atoms with E-state index in [1.165, 1.54) is 5.69 Å². The van der Waals surface area contributed by atoms with Gasteiger partial charge in [0.2, 0.25) is 0 Å². The quantitative estimate of drug-likeness (QED) is 0.900. The zero-order valence-electron chi connectivity index (χ0n) is 13.3. The van der Waals surface area contributed by atoms with E-state index in [0.717, 1.165) is 32.7 Å². The van der Waals surface area contributed by atoms with Crippen LogP contribution in [0.4, 0.5) is 5.69 Å². The van der Waals surface area contributed by atoms with E-state index in [9.17, 15) is 5.26 Å². The lowest BCUT2D eigenvalue weighted by Gasteiger charge is -2.39. The molecule has 0 spiro atoms. The highest BCUT2D eigenvalue weighted by atomic mass is 15.3. The predicted octanol–water partition coefficient (Wildman–Crippen LogP) is 2.09. The predicted molar refractivity (Wildman–Crippen MR) is 87.4 cm³/mol. The minimum atomic E-state index is -0.469. The van der Waals surface area contributed by atoms with Crippen molar-refractivity contribution in [3.05, 3.63) is 30.3 Å². The Balaban J connectivity index is 1.88. The Hall–Kier alpha value is -1.57. The zero-order chi connectivity index (χ0) is 15.3. The number of rotatable bonds is 5. The molecule has 0 amide bonds. The fraction of sp³-hybridized carbons (Fsp3) is 0.588. The lowest BCUT2D eigenvalue weighted by atomic mass is 10.0. The molecule has 1 aliphatic heterocycles. The summed E-state index contributed by atoms with van der Waals surface area (Å²) in [7, 11) is 0. The first-order valence-electron chi connectivity index (χ1n) is 7.74. The molecule has 1 N–H and O–H groups in total. The number of piperazine rings is 1. The standard InChI is InChI=1S/C17H26N4/c1-15(2)19-17(3,13-18)14-20-9-11-21(12-10-20)16-7-5-4-6-8-16/h4-8,15,19H,9-12,14H2,1-3H3. The second-order valence-corrected chi connectivity index (χ2v) is 6.34. The van der Waals surface area contributed by atoms with Gasteiger partial charge in [-0.2, -0.15) is 5.26 Å². The summed E-state index contributed by atoms with van der Waals surface area (Å²) in [5.74, 6) is 0. The summed E-state index contributed by atoms with van der Waals surface area (Å²) in [5.41, 5.74) is 0.823. The fourth-order valence-electron chi connectivity index (χ4n) is 3.00. The van der Waals surface area contributed by atoms with Gasteiger partial charge in [-0.3, -0.25) is 10.2 Å². The Morgan fingerprint density at radius 2 is 1.81 bits per heavy atom. The number of nitrogens with zero attached hydrogens (tertiary/aromatic N) is 3. The highest BCUT2D eigenvalue weighted by molar-refractivity contribution is 5.46. The van der Waals surface area contributed by atoms with E-state index in [-0.39, 0.29) is 0 Å². The summed E-state index contributed by atoms with van der Waals surface area (Å²) in [6.07, 6.45) is 0. The molecule has 1 aromatic rings. The summed E-state index contributed by atoms with van der Waals surface area (Å²) in [6.45, 7) is 11.0. The van der Waals surface area contributed by atoms with Crippen LogP contribution >= 0.6 is 0 Å². The Labute approximate surface area is 128 Å². The van der Waals surface area contributed by atoms with E-state index < -0.39 is 5.54 Å². The van der Waals surface area contributed by atoms with Crippen LogP contribution in [-0.4, -0.2) is 49.2 Å². The molecule has 4 nitrogen and oxygen atoms in total. The molecular formula is C17H26N4. The average molecular weight is 286 g/mol. The summed E-state index contributed by atoms with van der Waals surface area (Å²) in [5, 5.41) is 12.8. The molecule has 0 saturated carbocycles. The van der Waals surface area contributed by atoms with Crippen molar-refractivity contribution in [2.24, 2.45) is 0 Å². The minimum absolute atomic E-state index is 0.320. The normalized spacial score (nSPS) is 19.3. The molecule has 2 rings (SSSR count). The van der Waals surface area contributed by atoms with E-state index in [4.69, 9.17) is 0 Å². The van der Waals surface area contributed by atoms with Gasteiger partial charge in [0.1, 0.15) is 5.54 Å². The van der Waals surface area contributed by atoms with Gasteiger partial charge in [-0.05, 0) is 32.9 Å². The van der Waals surface area contributed by atoms with Gasteiger partial charge in [0.05, 0.1) is 6.07 Å². The maximum absolute atomic E-state index is 9.45. The highest BCUT2D eigenvalue weighted by Gasteiger charge is 2.29. The van der Waals surface area contributed by atoms with E-state index >= 15 is 0 Å². The molecule has 114 valence electrons. The Morgan fingerprint density at radius 3 is 2.33 bits per heavy atom. The molecular weight excluding hydrogens is 260 g/mol. The van der Waals surface area contributed by atoms with Crippen molar-refractivity contribution in [2.45, 2.75) is 32.4 Å². The summed E-state index contributed by atoms with van der Waals surface area (Å²) in [4.78, 5) is 4.80. The third-order valence-electron chi connectivity index (χ3n) is 3.89. The molecule has 21 heavy (non-hydrogen) atoms. The Morgan fingerprint density at radius 1 is 1.19 bits per heavy atom. The van der Waals surface area contributed by atoms with Crippen LogP contribution in [0.3, 0.4) is 0 Å². The third kappa shape index (κ3) is 4.45. The van der Waals surface area contributed by atoms with Crippen LogP contribution in [0.15, 0.2) is 30.3 Å². The first kappa shape index (κ1) is 15.8. The summed E-state index contributed by atoms with van der Waals surface area (Å²) in [6, 6.07) is 13.3. The summed E-state index contributed by atoms with van der Waals surface area (Å²) >= 11 is 0. The maximum atomic E-state index is 9.45. The van der Waals surface area contributed by atoms with Gasteiger partial charge >= 0.3 is 0 Å². The molecule has 4 heteroatoms. The van der Waals surface area contributed by atoms with E-state index in [1.807, 2.05) is 6.92 Å². The molecule has 1 unspecified atom stereocenters. The molecule has 1 aromatic carbocycles. The lowest BCUT2D eigenvalue weighted by Crippen LogP contribution is -2.56.